The van der Waals surface area contributed by atoms with Gasteiger partial charge < -0.3 is 8.83 Å². The fourth-order valence-electron chi connectivity index (χ4n) is 7.27. The number of rotatable bonds is 3. The molecule has 0 spiro atoms. The molecule has 0 aliphatic carbocycles. The highest BCUT2D eigenvalue weighted by Crippen LogP contribution is 2.43. The normalized spacial score (nSPS) is 14.9. The largest absolute Gasteiger partial charge is 0.456 e. The molecule has 0 N–H and O–H groups in total. The molecule has 52 heavy (non-hydrogen) atoms. The molecule has 0 fully saturated rings. The van der Waals surface area contributed by atoms with Gasteiger partial charge in [-0.05, 0) is 42.4 Å². The van der Waals surface area contributed by atoms with Crippen molar-refractivity contribution in [3.8, 4) is 28.7 Å². The molecule has 0 radical (unpaired) electrons. The van der Waals surface area contributed by atoms with Crippen LogP contribution in [-0.4, -0.2) is 19.5 Å². The minimum atomic E-state index is -0.548. The van der Waals surface area contributed by atoms with E-state index >= 15 is 0 Å². The molecule has 0 atom stereocenters. The summed E-state index contributed by atoms with van der Waals surface area (Å²) in [5, 5.41) is 3.59. The molecular formula is C45H24N4O2S. The Balaban J connectivity index is 1.27. The van der Waals surface area contributed by atoms with Crippen LogP contribution in [0.1, 0.15) is 13.7 Å². The molecule has 7 aromatic carbocycles. The Bertz CT molecular complexity index is 4020. The third-order valence-electron chi connectivity index (χ3n) is 9.57. The van der Waals surface area contributed by atoms with E-state index in [2.05, 4.69) is 0 Å². The summed E-state index contributed by atoms with van der Waals surface area (Å²) in [6.45, 7) is 0. The molecule has 5 heterocycles. The van der Waals surface area contributed by atoms with E-state index in [-0.39, 0.29) is 77.7 Å². The standard InChI is InChI=1S/C45H24N4O2S/c1-5-16-35-26(10-1)31-22-23-33-30-13-4-8-19-39(30)52-42(33)40(31)49(35)45-47-43(25-20-21-29-27-11-2-6-17-36(27)50-38(29)24-25)46-44(48-45)34-15-9-14-32-28-12-3-7-18-37(28)51-41(32)34/h1-24H/i1D,4D,5D,8D,10D,13D,16D,19D,22D,23D. The lowest BCUT2D eigenvalue weighted by Crippen LogP contribution is -2.06. The van der Waals surface area contributed by atoms with Gasteiger partial charge in [-0.2, -0.15) is 9.97 Å². The van der Waals surface area contributed by atoms with Crippen LogP contribution in [0.5, 0.6) is 0 Å². The van der Waals surface area contributed by atoms with Crippen molar-refractivity contribution >= 4 is 97.2 Å². The Hall–Kier alpha value is -6.83. The zero-order chi connectivity index (χ0) is 42.6. The van der Waals surface area contributed by atoms with E-state index < -0.39 is 42.3 Å². The molecule has 0 aliphatic rings. The molecule has 0 saturated carbocycles. The minimum absolute atomic E-state index is 0.0119. The van der Waals surface area contributed by atoms with Gasteiger partial charge in [-0.25, -0.2) is 4.98 Å². The van der Waals surface area contributed by atoms with E-state index in [0.717, 1.165) is 32.9 Å². The van der Waals surface area contributed by atoms with Gasteiger partial charge in [0.25, 0.3) is 0 Å². The predicted octanol–water partition coefficient (Wildman–Crippen LogP) is 12.5. The molecular weight excluding hydrogens is 661 g/mol. The van der Waals surface area contributed by atoms with Crippen LogP contribution in [0.4, 0.5) is 0 Å². The van der Waals surface area contributed by atoms with Gasteiger partial charge >= 0.3 is 0 Å². The van der Waals surface area contributed by atoms with Crippen LogP contribution in [0.15, 0.2) is 154 Å². The summed E-state index contributed by atoms with van der Waals surface area (Å²) in [7, 11) is 0. The molecule has 7 heteroatoms. The van der Waals surface area contributed by atoms with Gasteiger partial charge in [-0.1, -0.05) is 103 Å². The zero-order valence-corrected chi connectivity index (χ0v) is 27.4. The van der Waals surface area contributed by atoms with E-state index in [4.69, 9.17) is 32.0 Å². The van der Waals surface area contributed by atoms with Crippen molar-refractivity contribution < 1.29 is 22.5 Å². The molecule has 12 rings (SSSR count). The summed E-state index contributed by atoms with van der Waals surface area (Å²) in [6, 6.07) is 22.1. The summed E-state index contributed by atoms with van der Waals surface area (Å²) < 4.78 is 104. The summed E-state index contributed by atoms with van der Waals surface area (Å²) in [5.41, 5.74) is 3.52. The van der Waals surface area contributed by atoms with E-state index in [1.807, 2.05) is 84.9 Å². The number of hydrogen-bond acceptors (Lipinski definition) is 6. The third-order valence-corrected chi connectivity index (χ3v) is 10.7. The number of para-hydroxylation sites is 4. The van der Waals surface area contributed by atoms with Crippen molar-refractivity contribution in [1.29, 1.82) is 0 Å². The van der Waals surface area contributed by atoms with E-state index in [0.29, 0.717) is 33.5 Å². The van der Waals surface area contributed by atoms with Crippen LogP contribution in [0.2, 0.25) is 0 Å². The second-order valence-corrected chi connectivity index (χ2v) is 13.4. The van der Waals surface area contributed by atoms with Gasteiger partial charge in [0.05, 0.1) is 35.0 Å². The second kappa shape index (κ2) is 10.4. The van der Waals surface area contributed by atoms with Crippen molar-refractivity contribution in [1.82, 2.24) is 19.5 Å². The molecule has 0 amide bonds. The maximum atomic E-state index is 9.46. The van der Waals surface area contributed by atoms with Gasteiger partial charge in [0, 0.05) is 53.4 Å². The highest BCUT2D eigenvalue weighted by Gasteiger charge is 2.23. The zero-order valence-electron chi connectivity index (χ0n) is 36.6. The van der Waals surface area contributed by atoms with Crippen LogP contribution in [-0.2, 0) is 0 Å². The fourth-order valence-corrected chi connectivity index (χ4v) is 8.37. The molecule has 6 nitrogen and oxygen atoms in total. The van der Waals surface area contributed by atoms with Crippen LogP contribution in [0.3, 0.4) is 0 Å². The van der Waals surface area contributed by atoms with Crippen LogP contribution in [0, 0.1) is 0 Å². The van der Waals surface area contributed by atoms with Gasteiger partial charge in [-0.3, -0.25) is 4.57 Å². The summed E-state index contributed by atoms with van der Waals surface area (Å²) in [6.07, 6.45) is 0. The number of thiophene rings is 1. The van der Waals surface area contributed by atoms with Crippen LogP contribution < -0.4 is 0 Å². The monoisotopic (exact) mass is 694 g/mol. The minimum Gasteiger partial charge on any atom is -0.456 e. The summed E-state index contributed by atoms with van der Waals surface area (Å²) in [4.78, 5) is 15.1. The quantitative estimate of drug-likeness (QED) is 0.184. The summed E-state index contributed by atoms with van der Waals surface area (Å²) in [5.74, 6) is 0.237. The Morgan fingerprint density at radius 2 is 1.25 bits per heavy atom. The van der Waals surface area contributed by atoms with Crippen molar-refractivity contribution in [3.63, 3.8) is 0 Å². The first-order valence-corrected chi connectivity index (χ1v) is 17.2. The second-order valence-electron chi connectivity index (χ2n) is 12.4. The van der Waals surface area contributed by atoms with Gasteiger partial charge in [0.15, 0.2) is 11.6 Å². The number of nitrogens with zero attached hydrogens (tertiary/aromatic N) is 4. The van der Waals surface area contributed by atoms with E-state index in [1.165, 1.54) is 4.57 Å². The Morgan fingerprint density at radius 3 is 2.15 bits per heavy atom. The molecule has 0 aliphatic heterocycles. The molecule has 0 unspecified atom stereocenters. The van der Waals surface area contributed by atoms with Crippen molar-refractivity contribution in [2.45, 2.75) is 0 Å². The average molecular weight is 695 g/mol. The number of fused-ring (bicyclic) bond motifs is 13. The van der Waals surface area contributed by atoms with Crippen molar-refractivity contribution in [2.24, 2.45) is 0 Å². The fraction of sp³-hybridized carbons (Fsp3) is 0. The molecule has 0 saturated heterocycles. The topological polar surface area (TPSA) is 69.9 Å². The van der Waals surface area contributed by atoms with Gasteiger partial charge in [0.1, 0.15) is 22.3 Å². The van der Waals surface area contributed by atoms with Gasteiger partial charge in [0.2, 0.25) is 5.95 Å². The molecule has 12 aromatic rings. The average Bonchev–Trinajstić information content (AvgIpc) is 4.07. The first-order valence-electron chi connectivity index (χ1n) is 21.4. The van der Waals surface area contributed by atoms with Crippen molar-refractivity contribution in [2.75, 3.05) is 0 Å². The first kappa shape index (κ1) is 20.1. The van der Waals surface area contributed by atoms with Gasteiger partial charge in [-0.15, -0.1) is 11.3 Å². The SMILES string of the molecule is [2H]c1c([2H])c([2H])c2c(sc3c2c([2H])c([2H])c2c4c([2H])c([2H])c([2H])c([2H])c4n(-c4nc(-c5ccc6c(c5)oc5ccccc56)nc(-c5cccc6c5oc5ccccc56)n4)c32)c1[2H]. The highest BCUT2D eigenvalue weighted by atomic mass is 32.1. The molecule has 242 valence electrons. The Labute approximate surface area is 312 Å². The summed E-state index contributed by atoms with van der Waals surface area (Å²) >= 11 is 0.981. The lowest BCUT2D eigenvalue weighted by Gasteiger charge is -2.11. The van der Waals surface area contributed by atoms with E-state index in [1.54, 1.807) is 0 Å². The number of furan rings is 2. The van der Waals surface area contributed by atoms with Crippen LogP contribution in [0.25, 0.3) is 115 Å². The Kier molecular flexibility index (Phi) is 4.01. The maximum absolute atomic E-state index is 9.46. The predicted molar refractivity (Wildman–Crippen MR) is 212 cm³/mol. The molecule has 0 bridgehead atoms. The maximum Gasteiger partial charge on any atom is 0.238 e. The number of aromatic nitrogens is 4. The Morgan fingerprint density at radius 1 is 0.538 bits per heavy atom. The number of benzene rings is 7. The molecule has 5 aromatic heterocycles. The van der Waals surface area contributed by atoms with Crippen molar-refractivity contribution in [3.05, 3.63) is 145 Å². The van der Waals surface area contributed by atoms with E-state index in [9.17, 15) is 5.48 Å². The smallest absolute Gasteiger partial charge is 0.238 e. The lowest BCUT2D eigenvalue weighted by molar-refractivity contribution is 0.668. The lowest BCUT2D eigenvalue weighted by atomic mass is 10.1. The first-order chi connectivity index (χ1) is 29.9. The van der Waals surface area contributed by atoms with Crippen LogP contribution >= 0.6 is 11.3 Å². The third kappa shape index (κ3) is 3.85. The highest BCUT2D eigenvalue weighted by molar-refractivity contribution is 7.26. The number of hydrogen-bond donors (Lipinski definition) is 0.